The molecule has 1 aromatic carbocycles. The first-order valence-corrected chi connectivity index (χ1v) is 7.58. The van der Waals surface area contributed by atoms with Gasteiger partial charge in [-0.2, -0.15) is 0 Å². The van der Waals surface area contributed by atoms with Crippen LogP contribution in [0.3, 0.4) is 0 Å². The van der Waals surface area contributed by atoms with E-state index in [0.29, 0.717) is 19.4 Å². The van der Waals surface area contributed by atoms with Crippen molar-refractivity contribution in [3.05, 3.63) is 35.4 Å². The van der Waals surface area contributed by atoms with E-state index in [1.807, 2.05) is 31.2 Å². The Morgan fingerprint density at radius 3 is 2.48 bits per heavy atom. The van der Waals surface area contributed by atoms with Crippen LogP contribution in [-0.4, -0.2) is 17.0 Å². The molecule has 1 aliphatic carbocycles. The number of rotatable bonds is 5. The van der Waals surface area contributed by atoms with Crippen LogP contribution in [0.15, 0.2) is 24.3 Å². The average Bonchev–Trinajstić information content (AvgIpc) is 2.47. The van der Waals surface area contributed by atoms with Crippen LogP contribution in [0, 0.1) is 12.3 Å². The largest absolute Gasteiger partial charge is 0.481 e. The highest BCUT2D eigenvalue weighted by atomic mass is 16.4. The van der Waals surface area contributed by atoms with Gasteiger partial charge < -0.3 is 10.4 Å². The van der Waals surface area contributed by atoms with Gasteiger partial charge in [0, 0.05) is 13.0 Å². The molecule has 1 aromatic rings. The number of carboxylic acids is 1. The number of carboxylic acid groups (broad SMARTS) is 1. The van der Waals surface area contributed by atoms with Crippen molar-refractivity contribution in [2.24, 2.45) is 5.41 Å². The Kier molecular flexibility index (Phi) is 4.99. The Morgan fingerprint density at radius 2 is 1.86 bits per heavy atom. The summed E-state index contributed by atoms with van der Waals surface area (Å²) in [7, 11) is 0. The summed E-state index contributed by atoms with van der Waals surface area (Å²) >= 11 is 0. The lowest BCUT2D eigenvalue weighted by Gasteiger charge is -2.32. The first-order chi connectivity index (χ1) is 10.0. The number of benzene rings is 1. The van der Waals surface area contributed by atoms with E-state index in [9.17, 15) is 14.7 Å². The van der Waals surface area contributed by atoms with Crippen molar-refractivity contribution in [2.75, 3.05) is 0 Å². The van der Waals surface area contributed by atoms with Crippen molar-refractivity contribution >= 4 is 11.9 Å². The van der Waals surface area contributed by atoms with E-state index in [4.69, 9.17) is 0 Å². The lowest BCUT2D eigenvalue weighted by molar-refractivity contribution is -0.154. The fourth-order valence-corrected chi connectivity index (χ4v) is 3.07. The smallest absolute Gasteiger partial charge is 0.310 e. The lowest BCUT2D eigenvalue weighted by atomic mass is 9.71. The highest BCUT2D eigenvalue weighted by Crippen LogP contribution is 2.39. The Bertz CT molecular complexity index is 519. The van der Waals surface area contributed by atoms with Crippen LogP contribution in [-0.2, 0) is 16.1 Å². The van der Waals surface area contributed by atoms with Gasteiger partial charge in [0.25, 0.3) is 0 Å². The average molecular weight is 289 g/mol. The molecule has 114 valence electrons. The summed E-state index contributed by atoms with van der Waals surface area (Å²) < 4.78 is 0. The molecule has 1 saturated carbocycles. The zero-order valence-corrected chi connectivity index (χ0v) is 12.5. The highest BCUT2D eigenvalue weighted by molar-refractivity contribution is 5.85. The summed E-state index contributed by atoms with van der Waals surface area (Å²) in [6, 6.07) is 7.88. The predicted octanol–water partition coefficient (Wildman–Crippen LogP) is 3.04. The molecule has 0 saturated heterocycles. The Hall–Kier alpha value is -1.84. The summed E-state index contributed by atoms with van der Waals surface area (Å²) in [5, 5.41) is 12.4. The van der Waals surface area contributed by atoms with Gasteiger partial charge in [-0.05, 0) is 30.9 Å². The Balaban J connectivity index is 1.94. The van der Waals surface area contributed by atoms with E-state index in [1.165, 1.54) is 0 Å². The summed E-state index contributed by atoms with van der Waals surface area (Å²) in [6.45, 7) is 2.46. The molecule has 0 unspecified atom stereocenters. The van der Waals surface area contributed by atoms with Crippen LogP contribution in [0.25, 0.3) is 0 Å². The summed E-state index contributed by atoms with van der Waals surface area (Å²) in [5.74, 6) is -0.990. The first kappa shape index (κ1) is 15.5. The second-order valence-corrected chi connectivity index (χ2v) is 6.03. The van der Waals surface area contributed by atoms with Gasteiger partial charge in [-0.15, -0.1) is 0 Å². The summed E-state index contributed by atoms with van der Waals surface area (Å²) in [5.41, 5.74) is 1.34. The molecule has 1 aliphatic rings. The second kappa shape index (κ2) is 6.74. The number of carbonyl (C=O) groups excluding carboxylic acids is 1. The van der Waals surface area contributed by atoms with Crippen LogP contribution in [0.2, 0.25) is 0 Å². The van der Waals surface area contributed by atoms with Gasteiger partial charge in [0.05, 0.1) is 5.41 Å². The van der Waals surface area contributed by atoms with Gasteiger partial charge in [-0.1, -0.05) is 43.5 Å². The number of hydrogen-bond acceptors (Lipinski definition) is 2. The maximum atomic E-state index is 12.1. The fourth-order valence-electron chi connectivity index (χ4n) is 3.07. The van der Waals surface area contributed by atoms with E-state index < -0.39 is 11.4 Å². The number of hydrogen-bond donors (Lipinski definition) is 2. The monoisotopic (exact) mass is 289 g/mol. The van der Waals surface area contributed by atoms with Crippen LogP contribution >= 0.6 is 0 Å². The quantitative estimate of drug-likeness (QED) is 0.875. The third kappa shape index (κ3) is 3.84. The van der Waals surface area contributed by atoms with Crippen LogP contribution in [0.4, 0.5) is 0 Å². The standard InChI is InChI=1S/C17H23NO3/c1-13-7-3-4-8-14(13)12-18-15(19)11-17(16(20)21)9-5-2-6-10-17/h3-4,7-8H,2,5-6,9-12H2,1H3,(H,18,19)(H,20,21). The molecule has 21 heavy (non-hydrogen) atoms. The van der Waals surface area contributed by atoms with Gasteiger partial charge in [0.2, 0.25) is 5.91 Å². The Labute approximate surface area is 125 Å². The zero-order valence-electron chi connectivity index (χ0n) is 12.5. The summed E-state index contributed by atoms with van der Waals surface area (Å²) in [6.07, 6.45) is 4.18. The van der Waals surface area contributed by atoms with Crippen LogP contribution in [0.1, 0.15) is 49.7 Å². The molecule has 1 fully saturated rings. The van der Waals surface area contributed by atoms with Crippen molar-refractivity contribution in [3.8, 4) is 0 Å². The maximum absolute atomic E-state index is 12.1. The van der Waals surface area contributed by atoms with Gasteiger partial charge in [-0.25, -0.2) is 0 Å². The van der Waals surface area contributed by atoms with E-state index >= 15 is 0 Å². The van der Waals surface area contributed by atoms with Crippen LogP contribution in [0.5, 0.6) is 0 Å². The molecular weight excluding hydrogens is 266 g/mol. The SMILES string of the molecule is Cc1ccccc1CNC(=O)CC1(C(=O)O)CCCCC1. The van der Waals surface area contributed by atoms with E-state index in [1.54, 1.807) is 0 Å². The predicted molar refractivity (Wildman–Crippen MR) is 80.8 cm³/mol. The molecular formula is C17H23NO3. The number of carbonyl (C=O) groups is 2. The fraction of sp³-hybridized carbons (Fsp3) is 0.529. The normalized spacial score (nSPS) is 17.2. The van der Waals surface area contributed by atoms with E-state index in [0.717, 1.165) is 30.4 Å². The molecule has 0 aliphatic heterocycles. The highest BCUT2D eigenvalue weighted by Gasteiger charge is 2.41. The van der Waals surface area contributed by atoms with Crippen molar-refractivity contribution in [2.45, 2.75) is 52.0 Å². The topological polar surface area (TPSA) is 66.4 Å². The van der Waals surface area contributed by atoms with E-state index in [-0.39, 0.29) is 12.3 Å². The molecule has 0 spiro atoms. The molecule has 1 amide bonds. The third-order valence-electron chi connectivity index (χ3n) is 4.50. The van der Waals surface area contributed by atoms with Crippen molar-refractivity contribution in [1.82, 2.24) is 5.32 Å². The van der Waals surface area contributed by atoms with Crippen LogP contribution < -0.4 is 5.32 Å². The Morgan fingerprint density at radius 1 is 1.19 bits per heavy atom. The molecule has 0 radical (unpaired) electrons. The maximum Gasteiger partial charge on any atom is 0.310 e. The van der Waals surface area contributed by atoms with Gasteiger partial charge in [0.1, 0.15) is 0 Å². The zero-order chi connectivity index (χ0) is 15.3. The number of aryl methyl sites for hydroxylation is 1. The molecule has 0 aromatic heterocycles. The summed E-state index contributed by atoms with van der Waals surface area (Å²) in [4.78, 5) is 23.7. The molecule has 0 atom stereocenters. The number of nitrogens with one attached hydrogen (secondary N) is 1. The second-order valence-electron chi connectivity index (χ2n) is 6.03. The first-order valence-electron chi connectivity index (χ1n) is 7.58. The number of amides is 1. The van der Waals surface area contributed by atoms with Gasteiger partial charge in [0.15, 0.2) is 0 Å². The minimum absolute atomic E-state index is 0.0915. The minimum atomic E-state index is -0.853. The third-order valence-corrected chi connectivity index (χ3v) is 4.50. The molecule has 2 rings (SSSR count). The lowest BCUT2D eigenvalue weighted by Crippen LogP contribution is -2.39. The molecule has 4 nitrogen and oxygen atoms in total. The van der Waals surface area contributed by atoms with Crippen molar-refractivity contribution in [1.29, 1.82) is 0 Å². The van der Waals surface area contributed by atoms with Gasteiger partial charge in [-0.3, -0.25) is 9.59 Å². The van der Waals surface area contributed by atoms with Crippen molar-refractivity contribution < 1.29 is 14.7 Å². The van der Waals surface area contributed by atoms with Crippen molar-refractivity contribution in [3.63, 3.8) is 0 Å². The molecule has 2 N–H and O–H groups in total. The van der Waals surface area contributed by atoms with Gasteiger partial charge >= 0.3 is 5.97 Å². The van der Waals surface area contributed by atoms with E-state index in [2.05, 4.69) is 5.32 Å². The molecule has 0 bridgehead atoms. The molecule has 0 heterocycles. The number of aliphatic carboxylic acids is 1. The molecule has 4 heteroatoms. The minimum Gasteiger partial charge on any atom is -0.481 e.